The van der Waals surface area contributed by atoms with Gasteiger partial charge in [0.15, 0.2) is 0 Å². The zero-order valence-corrected chi connectivity index (χ0v) is 36.4. The Morgan fingerprint density at radius 3 is 1.08 bits per heavy atom. The molecule has 12 rings (SSSR count). The molecule has 3 aromatic heterocycles. The van der Waals surface area contributed by atoms with Gasteiger partial charge in [0.1, 0.15) is 11.9 Å². The lowest BCUT2D eigenvalue weighted by Gasteiger charge is -2.19. The zero-order valence-electron chi connectivity index (χ0n) is 36.4. The Kier molecular flexibility index (Phi) is 9.25. The lowest BCUT2D eigenvalue weighted by Crippen LogP contribution is -2.05. The first-order chi connectivity index (χ1) is 32.5. The molecule has 0 atom stereocenters. The topological polar surface area (TPSA) is 59.4 Å². The van der Waals surface area contributed by atoms with Gasteiger partial charge in [-0.2, -0.15) is 5.26 Å². The Hall–Kier alpha value is -8.85. The van der Waals surface area contributed by atoms with Crippen LogP contribution in [0.1, 0.15) is 17.1 Å². The molecule has 0 N–H and O–H groups in total. The van der Waals surface area contributed by atoms with Gasteiger partial charge in [-0.25, -0.2) is 9.97 Å². The number of aromatic nitrogens is 4. The minimum absolute atomic E-state index is 0.540. The van der Waals surface area contributed by atoms with Crippen molar-refractivity contribution in [2.45, 2.75) is 13.8 Å². The van der Waals surface area contributed by atoms with Crippen molar-refractivity contribution in [2.75, 3.05) is 0 Å². The second kappa shape index (κ2) is 15.7. The average molecular weight is 844 g/mol. The van der Waals surface area contributed by atoms with E-state index in [9.17, 15) is 5.26 Å². The largest absolute Gasteiger partial charge is 0.308 e. The Morgan fingerprint density at radius 1 is 0.364 bits per heavy atom. The number of nitrogens with zero attached hydrogens (tertiary/aromatic N) is 5. The van der Waals surface area contributed by atoms with E-state index in [1.807, 2.05) is 26.0 Å². The maximum absolute atomic E-state index is 11.5. The summed E-state index contributed by atoms with van der Waals surface area (Å²) < 4.78 is 4.65. The molecular formula is C61H41N5. The van der Waals surface area contributed by atoms with Crippen LogP contribution in [-0.2, 0) is 0 Å². The van der Waals surface area contributed by atoms with Gasteiger partial charge < -0.3 is 9.13 Å². The third-order valence-electron chi connectivity index (χ3n) is 12.9. The van der Waals surface area contributed by atoms with Crippen LogP contribution in [0.3, 0.4) is 0 Å². The van der Waals surface area contributed by atoms with E-state index in [-0.39, 0.29) is 0 Å². The van der Waals surface area contributed by atoms with Crippen molar-refractivity contribution >= 4 is 43.6 Å². The van der Waals surface area contributed by atoms with Crippen LogP contribution in [0.15, 0.2) is 212 Å². The lowest BCUT2D eigenvalue weighted by molar-refractivity contribution is 1.01. The molecule has 0 amide bonds. The molecule has 66 heavy (non-hydrogen) atoms. The van der Waals surface area contributed by atoms with Gasteiger partial charge in [0.25, 0.3) is 0 Å². The minimum Gasteiger partial charge on any atom is -0.308 e. The maximum atomic E-state index is 11.5. The van der Waals surface area contributed by atoms with Gasteiger partial charge in [-0.1, -0.05) is 170 Å². The van der Waals surface area contributed by atoms with Crippen molar-refractivity contribution in [3.05, 3.63) is 229 Å². The molecule has 310 valence electrons. The molecular weight excluding hydrogens is 803 g/mol. The summed E-state index contributed by atoms with van der Waals surface area (Å²) in [5.41, 5.74) is 17.7. The summed E-state index contributed by atoms with van der Waals surface area (Å²) in [5, 5.41) is 16.0. The third-order valence-corrected chi connectivity index (χ3v) is 12.9. The number of aryl methyl sites for hydroxylation is 2. The van der Waals surface area contributed by atoms with Crippen LogP contribution in [0.5, 0.6) is 0 Å². The molecule has 3 heterocycles. The third kappa shape index (κ3) is 6.55. The highest BCUT2D eigenvalue weighted by atomic mass is 15.0. The molecule has 5 nitrogen and oxygen atoms in total. The molecule has 0 aliphatic heterocycles. The number of rotatable bonds is 7. The van der Waals surface area contributed by atoms with Crippen LogP contribution in [0.25, 0.3) is 111 Å². The quantitative estimate of drug-likeness (QED) is 0.161. The van der Waals surface area contributed by atoms with Crippen molar-refractivity contribution in [1.82, 2.24) is 19.1 Å². The number of fused-ring (bicyclic) bond motifs is 6. The van der Waals surface area contributed by atoms with Gasteiger partial charge in [-0.05, 0) is 101 Å². The van der Waals surface area contributed by atoms with Crippen LogP contribution in [0.4, 0.5) is 0 Å². The molecule has 5 heteroatoms. The lowest BCUT2D eigenvalue weighted by atomic mass is 10.0. The maximum Gasteiger partial charge on any atom is 0.126 e. The SMILES string of the molecule is Cc1cc(-c2cc(-n3c4cc(-c5ccccc5)ccc4c4ccc(-c5ccccc5)cc43)c(C#N)cc2-n2c3cc(-c4ccccc4)ccc3c3ccc(-c4ccccc4)cc32)nc(C)n1. The number of hydrogen-bond donors (Lipinski definition) is 0. The fourth-order valence-corrected chi connectivity index (χ4v) is 9.89. The van der Waals surface area contributed by atoms with Gasteiger partial charge >= 0.3 is 0 Å². The zero-order chi connectivity index (χ0) is 44.3. The van der Waals surface area contributed by atoms with E-state index in [4.69, 9.17) is 9.97 Å². The highest BCUT2D eigenvalue weighted by molar-refractivity contribution is 6.13. The molecule has 0 spiro atoms. The van der Waals surface area contributed by atoms with Crippen molar-refractivity contribution in [1.29, 1.82) is 5.26 Å². The molecule has 0 saturated heterocycles. The minimum atomic E-state index is 0.540. The molecule has 0 fully saturated rings. The van der Waals surface area contributed by atoms with E-state index in [1.54, 1.807) is 0 Å². The van der Waals surface area contributed by atoms with Crippen LogP contribution >= 0.6 is 0 Å². The van der Waals surface area contributed by atoms with Gasteiger partial charge in [0, 0.05) is 32.8 Å². The summed E-state index contributed by atoms with van der Waals surface area (Å²) in [4.78, 5) is 9.89. The summed E-state index contributed by atoms with van der Waals surface area (Å²) in [6, 6.07) is 77.9. The number of hydrogen-bond acceptors (Lipinski definition) is 3. The Morgan fingerprint density at radius 2 is 0.727 bits per heavy atom. The second-order valence-electron chi connectivity index (χ2n) is 17.0. The smallest absolute Gasteiger partial charge is 0.126 e. The summed E-state index contributed by atoms with van der Waals surface area (Å²) in [7, 11) is 0. The van der Waals surface area contributed by atoms with Crippen LogP contribution in [-0.4, -0.2) is 19.1 Å². The average Bonchev–Trinajstić information content (AvgIpc) is 3.87. The second-order valence-corrected chi connectivity index (χ2v) is 17.0. The summed E-state index contributed by atoms with van der Waals surface area (Å²) in [6.07, 6.45) is 0. The monoisotopic (exact) mass is 843 g/mol. The van der Waals surface area contributed by atoms with E-state index in [0.29, 0.717) is 11.4 Å². The van der Waals surface area contributed by atoms with Crippen molar-refractivity contribution < 1.29 is 0 Å². The van der Waals surface area contributed by atoms with E-state index < -0.39 is 0 Å². The highest BCUT2D eigenvalue weighted by Crippen LogP contribution is 2.43. The Labute approximate surface area is 382 Å². The first kappa shape index (κ1) is 38.8. The van der Waals surface area contributed by atoms with Gasteiger partial charge in [0.05, 0.1) is 44.7 Å². The first-order valence-corrected chi connectivity index (χ1v) is 22.3. The molecule has 12 aromatic rings. The van der Waals surface area contributed by atoms with E-state index in [0.717, 1.165) is 116 Å². The van der Waals surface area contributed by atoms with Gasteiger partial charge in [-0.3, -0.25) is 0 Å². The van der Waals surface area contributed by atoms with Crippen molar-refractivity contribution in [3.63, 3.8) is 0 Å². The fraction of sp³-hybridized carbons (Fsp3) is 0.0328. The Balaban J connectivity index is 1.21. The summed E-state index contributed by atoms with van der Waals surface area (Å²) in [6.45, 7) is 3.97. The molecule has 0 bridgehead atoms. The molecule has 0 unspecified atom stereocenters. The van der Waals surface area contributed by atoms with Crippen LogP contribution in [0.2, 0.25) is 0 Å². The standard InChI is InChI=1S/C61H41N5/c1-39-31-55(64-40(2)63-39)54-37-56(65-57-32-45(41-15-7-3-8-16-41)23-27-50(57)51-28-24-46(33-58(51)65)42-17-9-4-10-18-42)49(38-62)36-61(54)66-59-34-47(43-19-11-5-12-20-43)25-29-52(59)53-30-26-48(35-60(53)66)44-21-13-6-14-22-44/h3-37H,1-2H3. The molecule has 0 aliphatic carbocycles. The summed E-state index contributed by atoms with van der Waals surface area (Å²) in [5.74, 6) is 0.679. The number of benzene rings is 9. The molecule has 9 aromatic carbocycles. The van der Waals surface area contributed by atoms with Crippen LogP contribution < -0.4 is 0 Å². The first-order valence-electron chi connectivity index (χ1n) is 22.3. The molecule has 0 saturated carbocycles. The van der Waals surface area contributed by atoms with Crippen molar-refractivity contribution in [3.8, 4) is 73.2 Å². The highest BCUT2D eigenvalue weighted by Gasteiger charge is 2.24. The van der Waals surface area contributed by atoms with E-state index >= 15 is 0 Å². The predicted octanol–water partition coefficient (Wildman–Crippen LogP) is 15.5. The number of nitriles is 1. The van der Waals surface area contributed by atoms with Gasteiger partial charge in [0.2, 0.25) is 0 Å². The van der Waals surface area contributed by atoms with Crippen molar-refractivity contribution in [2.24, 2.45) is 0 Å². The Bertz CT molecular complexity index is 3660. The normalized spacial score (nSPS) is 11.5. The van der Waals surface area contributed by atoms with Crippen LogP contribution in [0, 0.1) is 25.2 Å². The van der Waals surface area contributed by atoms with E-state index in [2.05, 4.69) is 215 Å². The van der Waals surface area contributed by atoms with Gasteiger partial charge in [-0.15, -0.1) is 0 Å². The van der Waals surface area contributed by atoms with E-state index in [1.165, 1.54) is 0 Å². The fourth-order valence-electron chi connectivity index (χ4n) is 9.89. The predicted molar refractivity (Wildman–Crippen MR) is 272 cm³/mol. The summed E-state index contributed by atoms with van der Waals surface area (Å²) >= 11 is 0. The molecule has 0 aliphatic rings. The molecule has 0 radical (unpaired) electrons.